The van der Waals surface area contributed by atoms with Gasteiger partial charge >= 0.3 is 6.18 Å². The summed E-state index contributed by atoms with van der Waals surface area (Å²) in [6, 6.07) is 24.0. The van der Waals surface area contributed by atoms with Crippen molar-refractivity contribution in [1.82, 2.24) is 39.6 Å². The van der Waals surface area contributed by atoms with E-state index < -0.39 is 12.8 Å². The van der Waals surface area contributed by atoms with E-state index in [2.05, 4.69) is 49.6 Å². The topological polar surface area (TPSA) is 97.4 Å². The Labute approximate surface area is 294 Å². The molecule has 2 aliphatic rings. The summed E-state index contributed by atoms with van der Waals surface area (Å²) < 4.78 is 46.7. The number of imidazole rings is 1. The van der Waals surface area contributed by atoms with Gasteiger partial charge in [-0.3, -0.25) is 4.79 Å². The molecule has 1 atom stereocenters. The number of aromatic nitrogens is 6. The van der Waals surface area contributed by atoms with E-state index in [1.165, 1.54) is 11.9 Å². The van der Waals surface area contributed by atoms with Crippen LogP contribution in [0.1, 0.15) is 40.7 Å². The fourth-order valence-electron chi connectivity index (χ4n) is 7.49. The third-order valence-corrected chi connectivity index (χ3v) is 10.2. The summed E-state index contributed by atoms with van der Waals surface area (Å²) in [6.45, 7) is 6.36. The first-order valence-electron chi connectivity index (χ1n) is 17.5. The molecule has 2 fully saturated rings. The normalized spacial score (nSPS) is 18.8. The monoisotopic (exact) mass is 701 g/mol. The van der Waals surface area contributed by atoms with Gasteiger partial charge < -0.3 is 24.0 Å². The second-order valence-electron chi connectivity index (χ2n) is 13.5. The van der Waals surface area contributed by atoms with Crippen LogP contribution in [-0.4, -0.2) is 111 Å². The highest BCUT2D eigenvalue weighted by atomic mass is 19.4. The third-order valence-electron chi connectivity index (χ3n) is 10.2. The number of aryl methyl sites for hydroxylation is 1. The number of likely N-dealkylation sites (tertiary alicyclic amines) is 1. The number of benzene rings is 3. The van der Waals surface area contributed by atoms with Crippen LogP contribution in [0, 0.1) is 6.92 Å². The minimum atomic E-state index is -4.36. The van der Waals surface area contributed by atoms with E-state index in [9.17, 15) is 18.0 Å². The number of carbonyl (C=O) groups is 1. The number of amides is 1. The first-order chi connectivity index (χ1) is 24.7. The highest BCUT2D eigenvalue weighted by molar-refractivity contribution is 5.96. The Balaban J connectivity index is 1.04. The zero-order valence-electron chi connectivity index (χ0n) is 28.7. The predicted molar refractivity (Wildman–Crippen MR) is 187 cm³/mol. The van der Waals surface area contributed by atoms with Gasteiger partial charge in [0, 0.05) is 50.2 Å². The summed E-state index contributed by atoms with van der Waals surface area (Å²) in [5, 5.41) is 11.5. The van der Waals surface area contributed by atoms with E-state index in [-0.39, 0.29) is 24.5 Å². The van der Waals surface area contributed by atoms with Crippen molar-refractivity contribution in [3.05, 3.63) is 95.8 Å². The predicted octanol–water partition coefficient (Wildman–Crippen LogP) is 5.29. The molecule has 4 heterocycles. The molecule has 268 valence electrons. The number of ether oxygens (including phenoxy) is 1. The molecule has 0 spiro atoms. The molecule has 3 aromatic carbocycles. The molecule has 2 saturated heterocycles. The van der Waals surface area contributed by atoms with E-state index in [4.69, 9.17) is 9.72 Å². The van der Waals surface area contributed by atoms with Crippen molar-refractivity contribution < 1.29 is 22.7 Å². The molecular weight excluding hydrogens is 659 g/mol. The number of carbonyl (C=O) groups excluding carboxylic acids is 1. The van der Waals surface area contributed by atoms with Crippen molar-refractivity contribution in [3.63, 3.8) is 0 Å². The molecule has 0 bridgehead atoms. The number of hydrogen-bond donors (Lipinski definition) is 0. The van der Waals surface area contributed by atoms with Gasteiger partial charge in [-0.1, -0.05) is 48.5 Å². The van der Waals surface area contributed by atoms with Gasteiger partial charge in [0.25, 0.3) is 5.91 Å². The number of halogens is 3. The molecule has 0 N–H and O–H groups in total. The van der Waals surface area contributed by atoms with Crippen LogP contribution in [0.25, 0.3) is 16.7 Å². The average molecular weight is 702 g/mol. The Kier molecular flexibility index (Phi) is 10.0. The van der Waals surface area contributed by atoms with Gasteiger partial charge in [0.2, 0.25) is 5.95 Å². The summed E-state index contributed by atoms with van der Waals surface area (Å²) in [7, 11) is 0. The van der Waals surface area contributed by atoms with Crippen LogP contribution in [0.3, 0.4) is 0 Å². The molecule has 1 unspecified atom stereocenters. The number of nitrogens with zero attached hydrogens (tertiary/aromatic N) is 9. The molecule has 0 saturated carbocycles. The maximum Gasteiger partial charge on any atom is 0.411 e. The second kappa shape index (κ2) is 14.8. The molecule has 2 aliphatic heterocycles. The van der Waals surface area contributed by atoms with Crippen LogP contribution in [0.5, 0.6) is 0 Å². The summed E-state index contributed by atoms with van der Waals surface area (Å²) in [5.41, 5.74) is 5.05. The first kappa shape index (κ1) is 34.6. The minimum Gasteiger partial charge on any atom is -0.370 e. The molecule has 51 heavy (non-hydrogen) atoms. The van der Waals surface area contributed by atoms with Crippen molar-refractivity contribution in [1.29, 1.82) is 0 Å². The number of hydrogen-bond acceptors (Lipinski definition) is 8. The van der Waals surface area contributed by atoms with Crippen LogP contribution in [0.4, 0.5) is 19.1 Å². The van der Waals surface area contributed by atoms with Crippen molar-refractivity contribution >= 4 is 22.9 Å². The lowest BCUT2D eigenvalue weighted by Crippen LogP contribution is -2.39. The lowest BCUT2D eigenvalue weighted by atomic mass is 9.76. The van der Waals surface area contributed by atoms with Crippen molar-refractivity contribution in [3.8, 4) is 5.69 Å². The number of tetrazole rings is 1. The molecule has 2 aromatic heterocycles. The fourth-order valence-corrected chi connectivity index (χ4v) is 7.49. The SMILES string of the molecule is Cc1ccc(-n2cnnn2)cc1C(=O)N1CCC(CCN2CCCN(c3nc4ccccc4n3CCOCC(F)(F)F)CC2)(c2ccccc2)C1. The minimum absolute atomic E-state index is 0.0114. The van der Waals surface area contributed by atoms with E-state index in [0.29, 0.717) is 18.7 Å². The highest BCUT2D eigenvalue weighted by Gasteiger charge is 2.42. The van der Waals surface area contributed by atoms with Gasteiger partial charge in [0.15, 0.2) is 0 Å². The fraction of sp³-hybridized carbons (Fsp3) is 0.432. The van der Waals surface area contributed by atoms with Gasteiger partial charge in [0.05, 0.1) is 23.3 Å². The quantitative estimate of drug-likeness (QED) is 0.172. The van der Waals surface area contributed by atoms with Crippen LogP contribution in [-0.2, 0) is 16.7 Å². The molecule has 11 nitrogen and oxygen atoms in total. The zero-order valence-corrected chi connectivity index (χ0v) is 28.7. The highest BCUT2D eigenvalue weighted by Crippen LogP contribution is 2.39. The smallest absolute Gasteiger partial charge is 0.370 e. The number of alkyl halides is 3. The van der Waals surface area contributed by atoms with Gasteiger partial charge in [-0.15, -0.1) is 5.10 Å². The maximum atomic E-state index is 14.0. The van der Waals surface area contributed by atoms with Crippen LogP contribution in [0.15, 0.2) is 79.1 Å². The Morgan fingerprint density at radius 1 is 0.941 bits per heavy atom. The summed E-state index contributed by atoms with van der Waals surface area (Å²) >= 11 is 0. The standard InChI is InChI=1S/C37H42F3N9O2/c1-28-12-13-30(49-27-41-43-44-49)24-31(28)34(50)47-19-15-36(25-47,29-8-3-2-4-9-29)14-18-45-16-7-17-46(21-20-45)35-42-32-10-5-6-11-33(32)48(35)22-23-51-26-37(38,39)40/h2-6,8-13,24,27H,7,14-23,25-26H2,1H3. The van der Waals surface area contributed by atoms with E-state index >= 15 is 0 Å². The summed E-state index contributed by atoms with van der Waals surface area (Å²) in [5.74, 6) is 0.774. The summed E-state index contributed by atoms with van der Waals surface area (Å²) in [6.07, 6.45) is -0.144. The average Bonchev–Trinajstić information content (AvgIpc) is 3.87. The lowest BCUT2D eigenvalue weighted by Gasteiger charge is -2.33. The molecule has 0 aliphatic carbocycles. The summed E-state index contributed by atoms with van der Waals surface area (Å²) in [4.78, 5) is 25.7. The largest absolute Gasteiger partial charge is 0.411 e. The van der Waals surface area contributed by atoms with Crippen LogP contribution < -0.4 is 4.90 Å². The molecule has 0 radical (unpaired) electrons. The Bertz CT molecular complexity index is 1930. The van der Waals surface area contributed by atoms with Gasteiger partial charge in [-0.05, 0) is 85.1 Å². The zero-order chi connectivity index (χ0) is 35.4. The van der Waals surface area contributed by atoms with Gasteiger partial charge in [0.1, 0.15) is 12.9 Å². The lowest BCUT2D eigenvalue weighted by molar-refractivity contribution is -0.174. The number of anilines is 1. The van der Waals surface area contributed by atoms with Gasteiger partial charge in [-0.25, -0.2) is 9.67 Å². The van der Waals surface area contributed by atoms with Crippen molar-refractivity contribution in [2.24, 2.45) is 0 Å². The van der Waals surface area contributed by atoms with Crippen LogP contribution in [0.2, 0.25) is 0 Å². The molecule has 14 heteroatoms. The van der Waals surface area contributed by atoms with Crippen molar-refractivity contribution in [2.75, 3.05) is 63.9 Å². The second-order valence-corrected chi connectivity index (χ2v) is 13.5. The third kappa shape index (κ3) is 7.76. The van der Waals surface area contributed by atoms with E-state index in [1.807, 2.05) is 64.9 Å². The van der Waals surface area contributed by atoms with E-state index in [0.717, 1.165) is 80.2 Å². The molecule has 5 aromatic rings. The first-order valence-corrected chi connectivity index (χ1v) is 17.5. The van der Waals surface area contributed by atoms with Crippen LogP contribution >= 0.6 is 0 Å². The Morgan fingerprint density at radius 3 is 2.57 bits per heavy atom. The number of rotatable bonds is 11. The van der Waals surface area contributed by atoms with Gasteiger partial charge in [-0.2, -0.15) is 13.2 Å². The maximum absolute atomic E-state index is 14.0. The molecular formula is C37H42F3N9O2. The molecule has 7 rings (SSSR count). The Hall–Kier alpha value is -4.82. The van der Waals surface area contributed by atoms with Crippen molar-refractivity contribution in [2.45, 2.75) is 44.3 Å². The Morgan fingerprint density at radius 2 is 1.76 bits per heavy atom. The number of para-hydroxylation sites is 2. The van der Waals surface area contributed by atoms with E-state index in [1.54, 1.807) is 4.68 Å². The molecule has 1 amide bonds. The number of fused-ring (bicyclic) bond motifs is 1.